The first-order chi connectivity index (χ1) is 15.2. The maximum Gasteiger partial charge on any atom is 0.251 e. The third-order valence-electron chi connectivity index (χ3n) is 5.19. The number of para-hydroxylation sites is 1. The highest BCUT2D eigenvalue weighted by Gasteiger charge is 2.19. The Kier molecular flexibility index (Phi) is 7.20. The number of benzene rings is 3. The molecule has 0 aromatic heterocycles. The van der Waals surface area contributed by atoms with Crippen LogP contribution in [0.2, 0.25) is 0 Å². The highest BCUT2D eigenvalue weighted by molar-refractivity contribution is 7.92. The van der Waals surface area contributed by atoms with Crippen molar-refractivity contribution in [2.75, 3.05) is 17.7 Å². The molecule has 0 radical (unpaired) electrons. The summed E-state index contributed by atoms with van der Waals surface area (Å²) in [6.07, 6.45) is 1.19. The molecule has 1 amide bonds. The number of aryl methyl sites for hydroxylation is 1. The molecule has 0 unspecified atom stereocenters. The summed E-state index contributed by atoms with van der Waals surface area (Å²) in [4.78, 5) is 12.7. The molecule has 3 rings (SSSR count). The number of nitrogens with zero attached hydrogens (tertiary/aromatic N) is 1. The van der Waals surface area contributed by atoms with Gasteiger partial charge in [0.05, 0.1) is 31.6 Å². The van der Waals surface area contributed by atoms with Gasteiger partial charge in [-0.15, -0.1) is 0 Å². The van der Waals surface area contributed by atoms with Crippen LogP contribution in [0.1, 0.15) is 40.0 Å². The Morgan fingerprint density at radius 3 is 2.34 bits per heavy atom. The number of hydrogen-bond donors (Lipinski definition) is 1. The Labute approximate surface area is 189 Å². The normalized spacial score (nSPS) is 12.1. The number of rotatable bonds is 8. The van der Waals surface area contributed by atoms with Crippen molar-refractivity contribution in [3.05, 3.63) is 95.1 Å². The lowest BCUT2D eigenvalue weighted by Crippen LogP contribution is -2.29. The lowest BCUT2D eigenvalue weighted by molar-refractivity contribution is 0.0939. The predicted molar refractivity (Wildman–Crippen MR) is 128 cm³/mol. The van der Waals surface area contributed by atoms with E-state index in [0.717, 1.165) is 16.7 Å². The lowest BCUT2D eigenvalue weighted by Gasteiger charge is -2.23. The number of methoxy groups -OCH3 is 1. The van der Waals surface area contributed by atoms with E-state index in [4.69, 9.17) is 4.74 Å². The molecule has 6 nitrogen and oxygen atoms in total. The molecule has 0 aliphatic carbocycles. The molecular weight excluding hydrogens is 424 g/mol. The third kappa shape index (κ3) is 5.68. The highest BCUT2D eigenvalue weighted by Crippen LogP contribution is 2.25. The SMILES string of the molecule is COc1ccccc1[C@H](C)NC(=O)c1ccc(CN(c2cccc(C)c2)S(C)(=O)=O)cc1. The Balaban J connectivity index is 1.74. The molecule has 0 bridgehead atoms. The average molecular weight is 453 g/mol. The lowest BCUT2D eigenvalue weighted by atomic mass is 10.1. The van der Waals surface area contributed by atoms with Gasteiger partial charge in [-0.1, -0.05) is 42.5 Å². The van der Waals surface area contributed by atoms with Gasteiger partial charge < -0.3 is 10.1 Å². The van der Waals surface area contributed by atoms with E-state index in [1.54, 1.807) is 37.4 Å². The van der Waals surface area contributed by atoms with Crippen LogP contribution >= 0.6 is 0 Å². The summed E-state index contributed by atoms with van der Waals surface area (Å²) < 4.78 is 31.5. The smallest absolute Gasteiger partial charge is 0.251 e. The summed E-state index contributed by atoms with van der Waals surface area (Å²) >= 11 is 0. The van der Waals surface area contributed by atoms with Gasteiger partial charge >= 0.3 is 0 Å². The van der Waals surface area contributed by atoms with Gasteiger partial charge in [0.2, 0.25) is 10.0 Å². The standard InChI is InChI=1S/C25H28N2O4S/c1-18-8-7-9-22(16-18)27(32(4,29)30)17-20-12-14-21(15-13-20)25(28)26-19(2)23-10-5-6-11-24(23)31-3/h5-16,19H,17H2,1-4H3,(H,26,28)/t19-/m0/s1. The van der Waals surface area contributed by atoms with Crippen LogP contribution in [0, 0.1) is 6.92 Å². The van der Waals surface area contributed by atoms with Crippen molar-refractivity contribution < 1.29 is 17.9 Å². The minimum absolute atomic E-state index is 0.182. The Morgan fingerprint density at radius 2 is 1.72 bits per heavy atom. The van der Waals surface area contributed by atoms with Crippen LogP contribution in [-0.4, -0.2) is 27.7 Å². The van der Waals surface area contributed by atoms with Crippen molar-refractivity contribution in [1.82, 2.24) is 5.32 Å². The minimum atomic E-state index is -3.47. The average Bonchev–Trinajstić information content (AvgIpc) is 2.77. The van der Waals surface area contributed by atoms with Crippen molar-refractivity contribution in [3.8, 4) is 5.75 Å². The zero-order valence-corrected chi connectivity index (χ0v) is 19.5. The van der Waals surface area contributed by atoms with E-state index in [2.05, 4.69) is 5.32 Å². The van der Waals surface area contributed by atoms with Crippen LogP contribution in [0.4, 0.5) is 5.69 Å². The molecule has 0 fully saturated rings. The molecule has 3 aromatic rings. The number of hydrogen-bond acceptors (Lipinski definition) is 4. The Morgan fingerprint density at radius 1 is 1.03 bits per heavy atom. The molecule has 7 heteroatoms. The molecule has 0 saturated carbocycles. The summed E-state index contributed by atoms with van der Waals surface area (Å²) in [5.74, 6) is 0.501. The summed E-state index contributed by atoms with van der Waals surface area (Å²) in [6.45, 7) is 4.00. The highest BCUT2D eigenvalue weighted by atomic mass is 32.2. The van der Waals surface area contributed by atoms with Gasteiger partial charge in [-0.3, -0.25) is 9.10 Å². The largest absolute Gasteiger partial charge is 0.496 e. The minimum Gasteiger partial charge on any atom is -0.496 e. The van der Waals surface area contributed by atoms with Crippen molar-refractivity contribution in [3.63, 3.8) is 0 Å². The predicted octanol–water partition coefficient (Wildman–Crippen LogP) is 4.46. The van der Waals surface area contributed by atoms with Crippen molar-refractivity contribution in [2.24, 2.45) is 0 Å². The van der Waals surface area contributed by atoms with Crippen molar-refractivity contribution in [1.29, 1.82) is 0 Å². The van der Waals surface area contributed by atoms with Gasteiger partial charge in [-0.2, -0.15) is 0 Å². The van der Waals surface area contributed by atoms with Crippen molar-refractivity contribution >= 4 is 21.6 Å². The van der Waals surface area contributed by atoms with E-state index in [1.807, 2.05) is 56.3 Å². The Hall–Kier alpha value is -3.32. The zero-order valence-electron chi connectivity index (χ0n) is 18.7. The first-order valence-electron chi connectivity index (χ1n) is 10.3. The van der Waals surface area contributed by atoms with Crippen LogP contribution in [0.25, 0.3) is 0 Å². The fourth-order valence-corrected chi connectivity index (χ4v) is 4.37. The summed E-state index contributed by atoms with van der Waals surface area (Å²) in [5.41, 5.74) is 3.76. The summed E-state index contributed by atoms with van der Waals surface area (Å²) in [5, 5.41) is 2.98. The number of ether oxygens (including phenoxy) is 1. The molecule has 32 heavy (non-hydrogen) atoms. The fourth-order valence-electron chi connectivity index (χ4n) is 3.49. The van der Waals surface area contributed by atoms with Crippen LogP contribution in [-0.2, 0) is 16.6 Å². The maximum atomic E-state index is 12.7. The van der Waals surface area contributed by atoms with Gasteiger partial charge in [0, 0.05) is 11.1 Å². The molecule has 168 valence electrons. The topological polar surface area (TPSA) is 75.7 Å². The molecule has 0 spiro atoms. The molecule has 1 N–H and O–H groups in total. The molecule has 3 aromatic carbocycles. The monoisotopic (exact) mass is 452 g/mol. The number of sulfonamides is 1. The number of carbonyl (C=O) groups is 1. The zero-order chi connectivity index (χ0) is 23.3. The first-order valence-corrected chi connectivity index (χ1v) is 12.1. The second-order valence-electron chi connectivity index (χ2n) is 7.74. The van der Waals surface area contributed by atoms with Gasteiger partial charge in [-0.05, 0) is 55.3 Å². The molecule has 0 saturated heterocycles. The second-order valence-corrected chi connectivity index (χ2v) is 9.65. The number of nitrogens with one attached hydrogen (secondary N) is 1. The molecular formula is C25H28N2O4S. The fraction of sp³-hybridized carbons (Fsp3) is 0.240. The van der Waals surface area contributed by atoms with E-state index < -0.39 is 10.0 Å². The summed E-state index contributed by atoms with van der Waals surface area (Å²) in [6, 6.07) is 21.6. The van der Waals surface area contributed by atoms with Crippen LogP contribution in [0.15, 0.2) is 72.8 Å². The number of amides is 1. The van der Waals surface area contributed by atoms with E-state index >= 15 is 0 Å². The van der Waals surface area contributed by atoms with Gasteiger partial charge in [0.25, 0.3) is 5.91 Å². The van der Waals surface area contributed by atoms with Crippen LogP contribution in [0.3, 0.4) is 0 Å². The van der Waals surface area contributed by atoms with E-state index in [0.29, 0.717) is 17.0 Å². The van der Waals surface area contributed by atoms with E-state index in [9.17, 15) is 13.2 Å². The van der Waals surface area contributed by atoms with Crippen LogP contribution in [0.5, 0.6) is 5.75 Å². The van der Waals surface area contributed by atoms with E-state index in [1.165, 1.54) is 10.6 Å². The molecule has 0 aliphatic heterocycles. The second kappa shape index (κ2) is 9.87. The summed E-state index contributed by atoms with van der Waals surface area (Å²) in [7, 11) is -1.87. The van der Waals surface area contributed by atoms with Crippen LogP contribution < -0.4 is 14.4 Å². The quantitative estimate of drug-likeness (QED) is 0.548. The number of carbonyl (C=O) groups excluding carboxylic acids is 1. The van der Waals surface area contributed by atoms with Gasteiger partial charge in [0.1, 0.15) is 5.75 Å². The van der Waals surface area contributed by atoms with Gasteiger partial charge in [-0.25, -0.2) is 8.42 Å². The third-order valence-corrected chi connectivity index (χ3v) is 6.33. The van der Waals surface area contributed by atoms with Gasteiger partial charge in [0.15, 0.2) is 0 Å². The molecule has 1 atom stereocenters. The maximum absolute atomic E-state index is 12.7. The number of anilines is 1. The molecule has 0 heterocycles. The van der Waals surface area contributed by atoms with Crippen molar-refractivity contribution in [2.45, 2.75) is 26.4 Å². The molecule has 0 aliphatic rings. The first kappa shape index (κ1) is 23.3. The Bertz CT molecular complexity index is 1190. The van der Waals surface area contributed by atoms with E-state index in [-0.39, 0.29) is 18.5 Å².